The zero-order valence-electron chi connectivity index (χ0n) is 11.7. The molecule has 0 aliphatic carbocycles. The summed E-state index contributed by atoms with van der Waals surface area (Å²) in [4.78, 5) is 21.2. The second-order valence-corrected chi connectivity index (χ2v) is 8.89. The van der Waals surface area contributed by atoms with Gasteiger partial charge >= 0.3 is 0 Å². The van der Waals surface area contributed by atoms with Crippen LogP contribution in [0.15, 0.2) is 35.7 Å². The lowest BCUT2D eigenvalue weighted by Gasteiger charge is -1.99. The number of nitrogens with zero attached hydrogens (tertiary/aromatic N) is 2. The van der Waals surface area contributed by atoms with Crippen LogP contribution >= 0.6 is 57.2 Å². The maximum absolute atomic E-state index is 12.2. The summed E-state index contributed by atoms with van der Waals surface area (Å²) >= 11 is 15.9. The summed E-state index contributed by atoms with van der Waals surface area (Å²) in [7, 11) is 0. The minimum Gasteiger partial charge on any atom is -0.298 e. The fourth-order valence-corrected chi connectivity index (χ4v) is 5.22. The van der Waals surface area contributed by atoms with Gasteiger partial charge < -0.3 is 0 Å². The van der Waals surface area contributed by atoms with Crippen molar-refractivity contribution in [1.29, 1.82) is 0 Å². The molecule has 0 unspecified atom stereocenters. The summed E-state index contributed by atoms with van der Waals surface area (Å²) in [5.41, 5.74) is 2.03. The van der Waals surface area contributed by atoms with Crippen LogP contribution in [0.3, 0.4) is 0 Å². The second-order valence-electron chi connectivity index (χ2n) is 4.72. The van der Waals surface area contributed by atoms with Crippen LogP contribution in [0.25, 0.3) is 20.9 Å². The highest BCUT2D eigenvalue weighted by molar-refractivity contribution is 7.22. The zero-order chi connectivity index (χ0) is 16.7. The van der Waals surface area contributed by atoms with E-state index in [-0.39, 0.29) is 5.91 Å². The van der Waals surface area contributed by atoms with Crippen LogP contribution in [0.4, 0.5) is 5.13 Å². The minimum atomic E-state index is -0.326. The lowest BCUT2D eigenvalue weighted by molar-refractivity contribution is 0.102. The number of rotatable bonds is 3. The van der Waals surface area contributed by atoms with E-state index in [4.69, 9.17) is 23.2 Å². The third-order valence-corrected chi connectivity index (χ3v) is 6.44. The van der Waals surface area contributed by atoms with Gasteiger partial charge in [-0.25, -0.2) is 9.97 Å². The molecule has 4 nitrogen and oxygen atoms in total. The Morgan fingerprint density at radius 2 is 1.96 bits per heavy atom. The molecule has 0 saturated heterocycles. The van der Waals surface area contributed by atoms with Crippen LogP contribution in [0, 0.1) is 0 Å². The number of benzene rings is 1. The molecule has 1 N–H and O–H groups in total. The van der Waals surface area contributed by atoms with E-state index in [1.807, 2.05) is 29.6 Å². The molecule has 0 spiro atoms. The number of thiazole rings is 2. The van der Waals surface area contributed by atoms with E-state index in [1.165, 1.54) is 11.3 Å². The van der Waals surface area contributed by atoms with Crippen molar-refractivity contribution in [2.45, 2.75) is 0 Å². The standard InChI is InChI=1S/C15H7Cl2N3OS3/c16-11-5-7(12(17)24-11)13(21)20-15-19-9(6-22-15)14-18-8-3-1-2-4-10(8)23-14/h1-6H,(H,19,20,21). The van der Waals surface area contributed by atoms with E-state index in [0.717, 1.165) is 32.3 Å². The van der Waals surface area contributed by atoms with Gasteiger partial charge in [0.1, 0.15) is 15.0 Å². The molecule has 0 fully saturated rings. The maximum atomic E-state index is 12.2. The van der Waals surface area contributed by atoms with Crippen LogP contribution < -0.4 is 5.32 Å². The van der Waals surface area contributed by atoms with Crippen LogP contribution in [0.1, 0.15) is 10.4 Å². The largest absolute Gasteiger partial charge is 0.298 e. The molecule has 0 saturated carbocycles. The van der Waals surface area contributed by atoms with Gasteiger partial charge in [0.15, 0.2) is 5.13 Å². The molecule has 3 heterocycles. The highest BCUT2D eigenvalue weighted by atomic mass is 35.5. The van der Waals surface area contributed by atoms with E-state index in [2.05, 4.69) is 15.3 Å². The van der Waals surface area contributed by atoms with Crippen LogP contribution in [0.5, 0.6) is 0 Å². The topological polar surface area (TPSA) is 54.9 Å². The predicted molar refractivity (Wildman–Crippen MR) is 103 cm³/mol. The number of hydrogen-bond donors (Lipinski definition) is 1. The SMILES string of the molecule is O=C(Nc1nc(-c2nc3ccccc3s2)cs1)c1cc(Cl)sc1Cl. The molecule has 0 aliphatic heterocycles. The van der Waals surface area contributed by atoms with Gasteiger partial charge in [-0.3, -0.25) is 10.1 Å². The number of carbonyl (C=O) groups is 1. The van der Waals surface area contributed by atoms with Crippen molar-refractivity contribution in [2.75, 3.05) is 5.32 Å². The molecular weight excluding hydrogens is 405 g/mol. The number of anilines is 1. The quantitative estimate of drug-likeness (QED) is 0.446. The molecular formula is C15H7Cl2N3OS3. The normalized spacial score (nSPS) is 11.1. The first-order valence-electron chi connectivity index (χ1n) is 6.68. The van der Waals surface area contributed by atoms with Gasteiger partial charge in [-0.2, -0.15) is 0 Å². The summed E-state index contributed by atoms with van der Waals surface area (Å²) in [5.74, 6) is -0.326. The summed E-state index contributed by atoms with van der Waals surface area (Å²) in [5, 5.41) is 5.93. The molecule has 0 radical (unpaired) electrons. The Kier molecular flexibility index (Phi) is 4.28. The van der Waals surface area contributed by atoms with Gasteiger partial charge in [-0.1, -0.05) is 35.3 Å². The third-order valence-electron chi connectivity index (χ3n) is 3.14. The molecule has 3 aromatic heterocycles. The summed E-state index contributed by atoms with van der Waals surface area (Å²) < 4.78 is 1.94. The number of para-hydroxylation sites is 1. The zero-order valence-corrected chi connectivity index (χ0v) is 15.7. The van der Waals surface area contributed by atoms with Crippen molar-refractivity contribution in [2.24, 2.45) is 0 Å². The number of nitrogens with one attached hydrogen (secondary N) is 1. The van der Waals surface area contributed by atoms with Crippen molar-refractivity contribution in [3.8, 4) is 10.7 Å². The Bertz CT molecular complexity index is 1020. The van der Waals surface area contributed by atoms with Crippen molar-refractivity contribution >= 4 is 78.5 Å². The number of halogens is 2. The highest BCUT2D eigenvalue weighted by Crippen LogP contribution is 2.34. The molecule has 1 aromatic carbocycles. The molecule has 4 aromatic rings. The van der Waals surface area contributed by atoms with Gasteiger partial charge in [-0.15, -0.1) is 34.0 Å². The van der Waals surface area contributed by atoms with Crippen LogP contribution in [0.2, 0.25) is 8.67 Å². The minimum absolute atomic E-state index is 0.326. The monoisotopic (exact) mass is 411 g/mol. The van der Waals surface area contributed by atoms with Gasteiger partial charge in [0.2, 0.25) is 0 Å². The third kappa shape index (κ3) is 3.05. The molecule has 120 valence electrons. The summed E-state index contributed by atoms with van der Waals surface area (Å²) in [6, 6.07) is 9.47. The number of aromatic nitrogens is 2. The second kappa shape index (κ2) is 6.42. The number of thiophene rings is 1. The molecule has 0 atom stereocenters. The first kappa shape index (κ1) is 16.0. The summed E-state index contributed by atoms with van der Waals surface area (Å²) in [6.07, 6.45) is 0. The molecule has 1 amide bonds. The van der Waals surface area contributed by atoms with E-state index in [1.54, 1.807) is 17.4 Å². The lowest BCUT2D eigenvalue weighted by atomic mass is 10.3. The average molecular weight is 412 g/mol. The van der Waals surface area contributed by atoms with E-state index in [0.29, 0.717) is 19.4 Å². The van der Waals surface area contributed by atoms with Gasteiger partial charge in [0, 0.05) is 5.38 Å². The molecule has 4 rings (SSSR count). The van der Waals surface area contributed by atoms with Gasteiger partial charge in [0.05, 0.1) is 20.1 Å². The fourth-order valence-electron chi connectivity index (χ4n) is 2.07. The highest BCUT2D eigenvalue weighted by Gasteiger charge is 2.17. The molecule has 0 aliphatic rings. The Hall–Kier alpha value is -1.51. The first-order valence-corrected chi connectivity index (χ1v) is 9.94. The van der Waals surface area contributed by atoms with E-state index in [9.17, 15) is 4.79 Å². The van der Waals surface area contributed by atoms with Crippen molar-refractivity contribution in [3.63, 3.8) is 0 Å². The summed E-state index contributed by atoms with van der Waals surface area (Å²) in [6.45, 7) is 0. The Morgan fingerprint density at radius 3 is 2.71 bits per heavy atom. The van der Waals surface area contributed by atoms with Crippen LogP contribution in [-0.2, 0) is 0 Å². The van der Waals surface area contributed by atoms with E-state index >= 15 is 0 Å². The Balaban J connectivity index is 1.58. The number of fused-ring (bicyclic) bond motifs is 1. The first-order chi connectivity index (χ1) is 11.6. The molecule has 0 bridgehead atoms. The molecule has 24 heavy (non-hydrogen) atoms. The average Bonchev–Trinajstić information content (AvgIpc) is 3.24. The fraction of sp³-hybridized carbons (Fsp3) is 0. The number of hydrogen-bond acceptors (Lipinski definition) is 6. The van der Waals surface area contributed by atoms with Crippen molar-refractivity contribution < 1.29 is 4.79 Å². The van der Waals surface area contributed by atoms with Gasteiger partial charge in [-0.05, 0) is 18.2 Å². The lowest BCUT2D eigenvalue weighted by Crippen LogP contribution is -2.11. The van der Waals surface area contributed by atoms with Crippen molar-refractivity contribution in [3.05, 3.63) is 49.9 Å². The van der Waals surface area contributed by atoms with Gasteiger partial charge in [0.25, 0.3) is 5.91 Å². The Morgan fingerprint density at radius 1 is 1.12 bits per heavy atom. The van der Waals surface area contributed by atoms with Crippen molar-refractivity contribution in [1.82, 2.24) is 9.97 Å². The Labute approximate surface area is 158 Å². The molecule has 9 heteroatoms. The smallest absolute Gasteiger partial charge is 0.259 e. The number of amides is 1. The number of carbonyl (C=O) groups excluding carboxylic acids is 1. The maximum Gasteiger partial charge on any atom is 0.259 e. The van der Waals surface area contributed by atoms with E-state index < -0.39 is 0 Å². The predicted octanol–water partition coefficient (Wildman–Crippen LogP) is 6.04. The van der Waals surface area contributed by atoms with Crippen LogP contribution in [-0.4, -0.2) is 15.9 Å².